The Hall–Kier alpha value is -1.15. The van der Waals surface area contributed by atoms with Crippen LogP contribution in [0, 0.1) is 6.92 Å². The summed E-state index contributed by atoms with van der Waals surface area (Å²) in [6.45, 7) is 2.01. The van der Waals surface area contributed by atoms with Crippen molar-refractivity contribution in [1.29, 1.82) is 0 Å². The average molecular weight is 250 g/mol. The second kappa shape index (κ2) is 3.93. The van der Waals surface area contributed by atoms with Crippen LogP contribution in [-0.2, 0) is 0 Å². The van der Waals surface area contributed by atoms with Crippen molar-refractivity contribution in [3.8, 4) is 11.3 Å². The Morgan fingerprint density at radius 3 is 2.29 bits per heavy atom. The Labute approximate surface area is 91.5 Å². The van der Waals surface area contributed by atoms with Crippen molar-refractivity contribution in [3.05, 3.63) is 52.7 Å². The van der Waals surface area contributed by atoms with Crippen LogP contribution in [0.15, 0.2) is 51.6 Å². The summed E-state index contributed by atoms with van der Waals surface area (Å²) in [6.07, 6.45) is 1.76. The number of hydrogen-bond acceptors (Lipinski definition) is 0. The topological polar surface area (TPSA) is 11.3 Å². The third-order valence-corrected chi connectivity index (χ3v) is 2.53. The zero-order chi connectivity index (χ0) is 9.97. The molecule has 0 radical (unpaired) electrons. The highest BCUT2D eigenvalue weighted by atomic mass is 79.9. The van der Waals surface area contributed by atoms with Crippen LogP contribution in [-0.4, -0.2) is 0 Å². The number of halogens is 1. The zero-order valence-corrected chi connectivity index (χ0v) is 9.41. The lowest BCUT2D eigenvalue weighted by molar-refractivity contribution is 0.561. The first-order valence-corrected chi connectivity index (χ1v) is 5.19. The van der Waals surface area contributed by atoms with Crippen LogP contribution in [0.3, 0.4) is 0 Å². The second-order valence-electron chi connectivity index (χ2n) is 3.18. The van der Waals surface area contributed by atoms with Gasteiger partial charge in [0.1, 0.15) is 0 Å². The van der Waals surface area contributed by atoms with E-state index < -0.39 is 0 Å². The van der Waals surface area contributed by atoms with Crippen LogP contribution in [0.1, 0.15) is 5.56 Å². The van der Waals surface area contributed by atoms with Gasteiger partial charge in [0.15, 0.2) is 0 Å². The van der Waals surface area contributed by atoms with E-state index >= 15 is 0 Å². The molecule has 2 aromatic rings. The SMILES string of the molecule is Cc1ccc(-c2ccc(Br)cc2)[o+]c1. The minimum absolute atomic E-state index is 0.892. The standard InChI is InChI=1S/C12H10BrO/c1-9-2-7-12(14-8-9)10-3-5-11(13)6-4-10/h2-8H,1H3/q+1. The molecule has 0 spiro atoms. The molecule has 0 aliphatic heterocycles. The van der Waals surface area contributed by atoms with E-state index in [2.05, 4.69) is 15.9 Å². The third kappa shape index (κ3) is 2.02. The summed E-state index contributed by atoms with van der Waals surface area (Å²) >= 11 is 3.40. The molecule has 1 aromatic carbocycles. The molecule has 0 N–H and O–H groups in total. The summed E-state index contributed by atoms with van der Waals surface area (Å²) in [5.41, 5.74) is 2.22. The van der Waals surface area contributed by atoms with E-state index in [1.54, 1.807) is 6.26 Å². The van der Waals surface area contributed by atoms with Gasteiger partial charge in [-0.15, -0.1) is 0 Å². The minimum Gasteiger partial charge on any atom is -0.215 e. The van der Waals surface area contributed by atoms with E-state index in [1.165, 1.54) is 0 Å². The molecule has 0 amide bonds. The van der Waals surface area contributed by atoms with Crippen LogP contribution < -0.4 is 0 Å². The number of benzene rings is 1. The first-order chi connectivity index (χ1) is 6.75. The maximum atomic E-state index is 5.47. The van der Waals surface area contributed by atoms with Crippen LogP contribution in [0.4, 0.5) is 0 Å². The molecular weight excluding hydrogens is 240 g/mol. The molecule has 0 atom stereocenters. The lowest BCUT2D eigenvalue weighted by atomic mass is 10.1. The Balaban J connectivity index is 2.40. The van der Waals surface area contributed by atoms with Gasteiger partial charge in [-0.05, 0) is 37.3 Å². The Morgan fingerprint density at radius 2 is 1.71 bits per heavy atom. The molecule has 1 aromatic heterocycles. The Kier molecular flexibility index (Phi) is 2.64. The van der Waals surface area contributed by atoms with Gasteiger partial charge in [0.25, 0.3) is 0 Å². The fourth-order valence-electron chi connectivity index (χ4n) is 1.22. The molecule has 1 nitrogen and oxygen atoms in total. The normalized spacial score (nSPS) is 10.1. The lowest BCUT2D eigenvalue weighted by Crippen LogP contribution is -1.77. The van der Waals surface area contributed by atoms with Gasteiger partial charge in [-0.3, -0.25) is 0 Å². The van der Waals surface area contributed by atoms with Crippen molar-refractivity contribution in [2.45, 2.75) is 6.92 Å². The van der Waals surface area contributed by atoms with Crippen LogP contribution in [0.2, 0.25) is 0 Å². The summed E-state index contributed by atoms with van der Waals surface area (Å²) in [5, 5.41) is 0. The molecule has 0 saturated carbocycles. The third-order valence-electron chi connectivity index (χ3n) is 2.00. The largest absolute Gasteiger partial charge is 0.359 e. The average Bonchev–Trinajstić information content (AvgIpc) is 2.21. The van der Waals surface area contributed by atoms with E-state index in [9.17, 15) is 0 Å². The highest BCUT2D eigenvalue weighted by Crippen LogP contribution is 2.21. The van der Waals surface area contributed by atoms with E-state index in [-0.39, 0.29) is 0 Å². The van der Waals surface area contributed by atoms with Crippen molar-refractivity contribution in [3.63, 3.8) is 0 Å². The summed E-state index contributed by atoms with van der Waals surface area (Å²) in [6, 6.07) is 12.1. The van der Waals surface area contributed by atoms with Gasteiger partial charge in [0.2, 0.25) is 0 Å². The van der Waals surface area contributed by atoms with E-state index in [0.29, 0.717) is 0 Å². The first kappa shape index (κ1) is 9.41. The van der Waals surface area contributed by atoms with Gasteiger partial charge in [-0.1, -0.05) is 15.9 Å². The molecule has 2 heteroatoms. The molecule has 1 heterocycles. The highest BCUT2D eigenvalue weighted by Gasteiger charge is 2.09. The zero-order valence-electron chi connectivity index (χ0n) is 7.83. The molecule has 14 heavy (non-hydrogen) atoms. The van der Waals surface area contributed by atoms with Crippen LogP contribution in [0.25, 0.3) is 11.3 Å². The van der Waals surface area contributed by atoms with Crippen molar-refractivity contribution in [1.82, 2.24) is 0 Å². The summed E-state index contributed by atoms with van der Waals surface area (Å²) in [5.74, 6) is 0.892. The second-order valence-corrected chi connectivity index (χ2v) is 4.10. The van der Waals surface area contributed by atoms with E-state index in [1.807, 2.05) is 43.3 Å². The van der Waals surface area contributed by atoms with Crippen LogP contribution in [0.5, 0.6) is 0 Å². The van der Waals surface area contributed by atoms with Crippen LogP contribution >= 0.6 is 15.9 Å². The fourth-order valence-corrected chi connectivity index (χ4v) is 1.48. The van der Waals surface area contributed by atoms with Gasteiger partial charge in [-0.25, -0.2) is 4.42 Å². The minimum atomic E-state index is 0.892. The number of aryl methyl sites for hydroxylation is 1. The van der Waals surface area contributed by atoms with E-state index in [0.717, 1.165) is 21.4 Å². The van der Waals surface area contributed by atoms with Gasteiger partial charge in [0.05, 0.1) is 5.56 Å². The molecule has 0 unspecified atom stereocenters. The number of rotatable bonds is 1. The Morgan fingerprint density at radius 1 is 1.00 bits per heavy atom. The van der Waals surface area contributed by atoms with Gasteiger partial charge < -0.3 is 0 Å². The van der Waals surface area contributed by atoms with Gasteiger partial charge in [-0.2, -0.15) is 0 Å². The molecule has 70 valence electrons. The molecular formula is C12H10BrO+. The Bertz CT molecular complexity index is 374. The first-order valence-electron chi connectivity index (χ1n) is 4.40. The predicted molar refractivity (Wildman–Crippen MR) is 61.0 cm³/mol. The van der Waals surface area contributed by atoms with Gasteiger partial charge >= 0.3 is 12.0 Å². The fraction of sp³-hybridized carbons (Fsp3) is 0.0833. The van der Waals surface area contributed by atoms with Crippen molar-refractivity contribution >= 4 is 15.9 Å². The van der Waals surface area contributed by atoms with Crippen molar-refractivity contribution in [2.75, 3.05) is 0 Å². The summed E-state index contributed by atoms with van der Waals surface area (Å²) in [7, 11) is 0. The maximum absolute atomic E-state index is 5.47. The molecule has 0 aliphatic rings. The quantitative estimate of drug-likeness (QED) is 0.687. The van der Waals surface area contributed by atoms with Gasteiger partial charge in [0, 0.05) is 16.1 Å². The molecule has 0 bridgehead atoms. The predicted octanol–water partition coefficient (Wildman–Crippen LogP) is 4.30. The lowest BCUT2D eigenvalue weighted by Gasteiger charge is -1.92. The van der Waals surface area contributed by atoms with Crippen molar-refractivity contribution in [2.24, 2.45) is 0 Å². The number of hydrogen-bond donors (Lipinski definition) is 0. The smallest absolute Gasteiger partial charge is 0.215 e. The summed E-state index contributed by atoms with van der Waals surface area (Å²) in [4.78, 5) is 0. The summed E-state index contributed by atoms with van der Waals surface area (Å²) < 4.78 is 6.55. The maximum Gasteiger partial charge on any atom is 0.359 e. The van der Waals surface area contributed by atoms with E-state index in [4.69, 9.17) is 4.42 Å². The molecule has 0 saturated heterocycles. The van der Waals surface area contributed by atoms with Crippen molar-refractivity contribution < 1.29 is 4.42 Å². The molecule has 0 fully saturated rings. The highest BCUT2D eigenvalue weighted by molar-refractivity contribution is 9.10. The molecule has 0 aliphatic carbocycles. The monoisotopic (exact) mass is 249 g/mol. The molecule has 2 rings (SSSR count).